The number of hydrogen-bond donors (Lipinski definition) is 1. The minimum Gasteiger partial charge on any atom is -0.322 e. The molecule has 0 radical (unpaired) electrons. The second kappa shape index (κ2) is 8.75. The van der Waals surface area contributed by atoms with Gasteiger partial charge in [-0.05, 0) is 37.1 Å². The maximum absolute atomic E-state index is 13.0. The fourth-order valence-electron chi connectivity index (χ4n) is 2.69. The SMILES string of the molecule is CC(C)Cn1c(S[C@H](C)C(=O)Nc2cccnc2Cl)nc2ccccc2c1=O. The zero-order valence-corrected chi connectivity index (χ0v) is 17.4. The van der Waals surface area contributed by atoms with E-state index < -0.39 is 5.25 Å². The minimum atomic E-state index is -0.484. The highest BCUT2D eigenvalue weighted by molar-refractivity contribution is 8.00. The number of nitrogens with zero attached hydrogens (tertiary/aromatic N) is 3. The highest BCUT2D eigenvalue weighted by Gasteiger charge is 2.20. The Morgan fingerprint density at radius 3 is 2.68 bits per heavy atom. The number of thioether (sulfide) groups is 1. The number of amides is 1. The Balaban J connectivity index is 1.90. The first kappa shape index (κ1) is 20.4. The first-order valence-electron chi connectivity index (χ1n) is 8.94. The van der Waals surface area contributed by atoms with Crippen LogP contribution in [0, 0.1) is 5.92 Å². The van der Waals surface area contributed by atoms with Crippen LogP contribution in [0.4, 0.5) is 5.69 Å². The normalized spacial score (nSPS) is 12.3. The van der Waals surface area contributed by atoms with E-state index in [9.17, 15) is 9.59 Å². The molecule has 0 bridgehead atoms. The van der Waals surface area contributed by atoms with Crippen molar-refractivity contribution in [2.75, 3.05) is 5.32 Å². The average Bonchev–Trinajstić information content (AvgIpc) is 2.66. The number of pyridine rings is 1. The van der Waals surface area contributed by atoms with E-state index in [4.69, 9.17) is 11.6 Å². The number of para-hydroxylation sites is 1. The molecule has 1 amide bonds. The van der Waals surface area contributed by atoms with Crippen LogP contribution < -0.4 is 10.9 Å². The number of hydrogen-bond acceptors (Lipinski definition) is 5. The van der Waals surface area contributed by atoms with Crippen molar-refractivity contribution >= 4 is 45.9 Å². The number of rotatable bonds is 6. The Morgan fingerprint density at radius 1 is 1.21 bits per heavy atom. The Hall–Kier alpha value is -2.38. The van der Waals surface area contributed by atoms with Gasteiger partial charge in [0.1, 0.15) is 0 Å². The molecule has 146 valence electrons. The third-order valence-electron chi connectivity index (χ3n) is 4.04. The molecule has 0 aliphatic rings. The maximum atomic E-state index is 13.0. The highest BCUT2D eigenvalue weighted by atomic mass is 35.5. The van der Waals surface area contributed by atoms with Crippen LogP contribution in [0.2, 0.25) is 5.15 Å². The summed E-state index contributed by atoms with van der Waals surface area (Å²) >= 11 is 7.26. The second-order valence-corrected chi connectivity index (χ2v) is 8.48. The van der Waals surface area contributed by atoms with Gasteiger partial charge in [-0.25, -0.2) is 9.97 Å². The molecule has 3 aromatic rings. The summed E-state index contributed by atoms with van der Waals surface area (Å²) < 4.78 is 1.65. The second-order valence-electron chi connectivity index (χ2n) is 6.81. The summed E-state index contributed by atoms with van der Waals surface area (Å²) in [5.74, 6) is 0.0248. The molecule has 8 heteroatoms. The number of anilines is 1. The molecule has 3 rings (SSSR count). The first-order chi connectivity index (χ1) is 13.4. The van der Waals surface area contributed by atoms with Crippen LogP contribution >= 0.6 is 23.4 Å². The van der Waals surface area contributed by atoms with E-state index >= 15 is 0 Å². The molecular weight excluding hydrogens is 396 g/mol. The molecule has 28 heavy (non-hydrogen) atoms. The quantitative estimate of drug-likeness (QED) is 0.370. The molecule has 1 aromatic carbocycles. The van der Waals surface area contributed by atoms with Gasteiger partial charge < -0.3 is 5.32 Å². The topological polar surface area (TPSA) is 76.9 Å². The number of aromatic nitrogens is 3. The van der Waals surface area contributed by atoms with E-state index in [1.54, 1.807) is 42.0 Å². The monoisotopic (exact) mass is 416 g/mol. The predicted molar refractivity (Wildman–Crippen MR) is 114 cm³/mol. The minimum absolute atomic E-state index is 0.0929. The molecular formula is C20H21ClN4O2S. The predicted octanol–water partition coefficient (Wildman–Crippen LogP) is 4.22. The number of benzene rings is 1. The van der Waals surface area contributed by atoms with E-state index in [2.05, 4.69) is 15.3 Å². The van der Waals surface area contributed by atoms with Crippen LogP contribution in [0.25, 0.3) is 10.9 Å². The summed E-state index contributed by atoms with van der Waals surface area (Å²) in [6.07, 6.45) is 1.56. The number of fused-ring (bicyclic) bond motifs is 1. The first-order valence-corrected chi connectivity index (χ1v) is 10.2. The molecule has 0 unspecified atom stereocenters. The van der Waals surface area contributed by atoms with Crippen molar-refractivity contribution in [2.24, 2.45) is 5.92 Å². The molecule has 6 nitrogen and oxygen atoms in total. The van der Waals surface area contributed by atoms with Gasteiger partial charge in [-0.2, -0.15) is 0 Å². The third kappa shape index (κ3) is 4.54. The van der Waals surface area contributed by atoms with Gasteiger partial charge in [0, 0.05) is 12.7 Å². The lowest BCUT2D eigenvalue weighted by Gasteiger charge is -2.17. The molecule has 2 heterocycles. The van der Waals surface area contributed by atoms with Gasteiger partial charge in [0.2, 0.25) is 5.91 Å². The van der Waals surface area contributed by atoms with Gasteiger partial charge in [-0.1, -0.05) is 49.3 Å². The van der Waals surface area contributed by atoms with Crippen LogP contribution in [0.15, 0.2) is 52.5 Å². The van der Waals surface area contributed by atoms with E-state index in [0.717, 1.165) is 0 Å². The zero-order chi connectivity index (χ0) is 20.3. The van der Waals surface area contributed by atoms with Gasteiger partial charge in [0.15, 0.2) is 10.3 Å². The van der Waals surface area contributed by atoms with Gasteiger partial charge in [0.25, 0.3) is 5.56 Å². The van der Waals surface area contributed by atoms with Crippen molar-refractivity contribution in [3.05, 3.63) is 58.1 Å². The van der Waals surface area contributed by atoms with E-state index in [1.165, 1.54) is 11.8 Å². The van der Waals surface area contributed by atoms with Crippen LogP contribution in [0.3, 0.4) is 0 Å². The average molecular weight is 417 g/mol. The van der Waals surface area contributed by atoms with Gasteiger partial charge >= 0.3 is 0 Å². The van der Waals surface area contributed by atoms with Gasteiger partial charge in [0.05, 0.1) is 21.8 Å². The summed E-state index contributed by atoms with van der Waals surface area (Å²) in [4.78, 5) is 34.2. The third-order valence-corrected chi connectivity index (χ3v) is 5.43. The summed E-state index contributed by atoms with van der Waals surface area (Å²) in [6, 6.07) is 10.6. The summed E-state index contributed by atoms with van der Waals surface area (Å²) in [5.41, 5.74) is 0.982. The van der Waals surface area contributed by atoms with Gasteiger partial charge in [-0.3, -0.25) is 14.2 Å². The highest BCUT2D eigenvalue weighted by Crippen LogP contribution is 2.25. The lowest BCUT2D eigenvalue weighted by Crippen LogP contribution is -2.28. The van der Waals surface area contributed by atoms with Gasteiger partial charge in [-0.15, -0.1) is 0 Å². The smallest absolute Gasteiger partial charge is 0.262 e. The van der Waals surface area contributed by atoms with Crippen molar-refractivity contribution < 1.29 is 4.79 Å². The van der Waals surface area contributed by atoms with Crippen molar-refractivity contribution in [2.45, 2.75) is 37.7 Å². The lowest BCUT2D eigenvalue weighted by molar-refractivity contribution is -0.115. The molecule has 1 atom stereocenters. The molecule has 0 spiro atoms. The van der Waals surface area contributed by atoms with Crippen LogP contribution in [-0.4, -0.2) is 25.7 Å². The van der Waals surface area contributed by atoms with E-state index in [1.807, 2.05) is 26.0 Å². The Morgan fingerprint density at radius 2 is 1.96 bits per heavy atom. The summed E-state index contributed by atoms with van der Waals surface area (Å²) in [7, 11) is 0. The molecule has 2 aromatic heterocycles. The molecule has 0 saturated heterocycles. The molecule has 0 fully saturated rings. The largest absolute Gasteiger partial charge is 0.322 e. The lowest BCUT2D eigenvalue weighted by atomic mass is 10.2. The molecule has 0 aliphatic carbocycles. The van der Waals surface area contributed by atoms with Crippen molar-refractivity contribution in [1.29, 1.82) is 0 Å². The molecule has 0 saturated carbocycles. The summed E-state index contributed by atoms with van der Waals surface area (Å²) in [6.45, 7) is 6.38. The van der Waals surface area contributed by atoms with Crippen molar-refractivity contribution in [3.8, 4) is 0 Å². The van der Waals surface area contributed by atoms with Crippen LogP contribution in [-0.2, 0) is 11.3 Å². The number of carbonyl (C=O) groups is 1. The molecule has 0 aliphatic heterocycles. The number of carbonyl (C=O) groups excluding carboxylic acids is 1. The van der Waals surface area contributed by atoms with E-state index in [-0.39, 0.29) is 22.5 Å². The number of halogens is 1. The van der Waals surface area contributed by atoms with Crippen LogP contribution in [0.5, 0.6) is 0 Å². The zero-order valence-electron chi connectivity index (χ0n) is 15.8. The fraction of sp³-hybridized carbons (Fsp3) is 0.300. The standard InChI is InChI=1S/C20H21ClN4O2S/c1-12(2)11-25-19(27)14-7-4-5-8-15(14)24-20(25)28-13(3)18(26)23-16-9-6-10-22-17(16)21/h4-10,12-13H,11H2,1-3H3,(H,23,26)/t13-/m1/s1. The Bertz CT molecular complexity index is 1070. The number of nitrogens with one attached hydrogen (secondary N) is 1. The van der Waals surface area contributed by atoms with E-state index in [0.29, 0.717) is 28.3 Å². The summed E-state index contributed by atoms with van der Waals surface area (Å²) in [5, 5.41) is 3.62. The van der Waals surface area contributed by atoms with Crippen molar-refractivity contribution in [1.82, 2.24) is 14.5 Å². The Kier molecular flexibility index (Phi) is 6.36. The Labute approximate surface area is 172 Å². The fourth-order valence-corrected chi connectivity index (χ4v) is 3.77. The van der Waals surface area contributed by atoms with Crippen molar-refractivity contribution in [3.63, 3.8) is 0 Å². The maximum Gasteiger partial charge on any atom is 0.262 e. The molecule has 1 N–H and O–H groups in total. The van der Waals surface area contributed by atoms with Crippen LogP contribution in [0.1, 0.15) is 20.8 Å².